The number of nitro groups is 1. The summed E-state index contributed by atoms with van der Waals surface area (Å²) >= 11 is 1.44. The second kappa shape index (κ2) is 5.88. The summed E-state index contributed by atoms with van der Waals surface area (Å²) < 4.78 is 39.8. The molecule has 0 aliphatic rings. The van der Waals surface area contributed by atoms with E-state index in [1.165, 1.54) is 11.3 Å². The van der Waals surface area contributed by atoms with Crippen molar-refractivity contribution in [3.8, 4) is 0 Å². The Hall–Kier alpha value is -1.84. The number of rotatable bonds is 5. The van der Waals surface area contributed by atoms with E-state index in [2.05, 4.69) is 4.72 Å². The summed E-state index contributed by atoms with van der Waals surface area (Å²) in [6.07, 6.45) is 0. The maximum Gasteiger partial charge on any atom is 0.304 e. The Balaban J connectivity index is 2.19. The molecule has 1 aromatic carbocycles. The molecule has 0 saturated carbocycles. The summed E-state index contributed by atoms with van der Waals surface area (Å²) in [4.78, 5) is 11.1. The molecule has 9 heteroatoms. The molecule has 0 radical (unpaired) electrons. The highest BCUT2D eigenvalue weighted by molar-refractivity contribution is 7.89. The number of nitrogens with zero attached hydrogens (tertiary/aromatic N) is 1. The predicted octanol–water partition coefficient (Wildman–Crippen LogP) is 2.58. The van der Waals surface area contributed by atoms with E-state index in [1.807, 2.05) is 13.0 Å². The number of nitrogens with one attached hydrogen (secondary N) is 1. The monoisotopic (exact) mass is 330 g/mol. The second-order valence-electron chi connectivity index (χ2n) is 4.21. The lowest BCUT2D eigenvalue weighted by Crippen LogP contribution is -2.23. The number of thiophene rings is 1. The van der Waals surface area contributed by atoms with E-state index in [1.54, 1.807) is 6.07 Å². The third-order valence-electron chi connectivity index (χ3n) is 2.66. The number of hydrogen-bond acceptors (Lipinski definition) is 5. The number of halogens is 1. The molecule has 0 aliphatic carbocycles. The van der Waals surface area contributed by atoms with Crippen LogP contribution in [-0.4, -0.2) is 13.3 Å². The molecule has 0 amide bonds. The Morgan fingerprint density at radius 3 is 2.57 bits per heavy atom. The van der Waals surface area contributed by atoms with Gasteiger partial charge >= 0.3 is 5.69 Å². The van der Waals surface area contributed by atoms with E-state index in [0.717, 1.165) is 21.9 Å². The van der Waals surface area contributed by atoms with Crippen molar-refractivity contribution < 1.29 is 17.7 Å². The van der Waals surface area contributed by atoms with Gasteiger partial charge in [-0.2, -0.15) is 4.39 Å². The molecule has 2 aromatic rings. The van der Waals surface area contributed by atoms with Crippen LogP contribution in [0.3, 0.4) is 0 Å². The molecule has 1 aromatic heterocycles. The van der Waals surface area contributed by atoms with Crippen LogP contribution in [0.1, 0.15) is 9.75 Å². The molecule has 6 nitrogen and oxygen atoms in total. The fourth-order valence-electron chi connectivity index (χ4n) is 1.63. The largest absolute Gasteiger partial charge is 0.304 e. The highest BCUT2D eigenvalue weighted by Gasteiger charge is 2.20. The number of benzene rings is 1. The zero-order valence-corrected chi connectivity index (χ0v) is 12.5. The molecule has 0 atom stereocenters. The van der Waals surface area contributed by atoms with E-state index in [4.69, 9.17) is 0 Å². The van der Waals surface area contributed by atoms with Crippen molar-refractivity contribution in [2.24, 2.45) is 0 Å². The Labute approximate surface area is 124 Å². The second-order valence-corrected chi connectivity index (χ2v) is 7.35. The minimum absolute atomic E-state index is 0.0828. The van der Waals surface area contributed by atoms with Crippen molar-refractivity contribution in [2.45, 2.75) is 18.4 Å². The number of aryl methyl sites for hydroxylation is 1. The maximum absolute atomic E-state index is 13.5. The molecular weight excluding hydrogens is 319 g/mol. The van der Waals surface area contributed by atoms with Gasteiger partial charge in [0.05, 0.1) is 9.82 Å². The topological polar surface area (TPSA) is 89.3 Å². The van der Waals surface area contributed by atoms with Gasteiger partial charge in [0, 0.05) is 28.4 Å². The van der Waals surface area contributed by atoms with Crippen molar-refractivity contribution >= 4 is 27.0 Å². The molecule has 0 saturated heterocycles. The zero-order chi connectivity index (χ0) is 15.6. The standard InChI is InChI=1S/C12H11FN2O4S2/c1-8-2-3-9(20-8)7-14-21(18,19)10-4-5-12(15(16)17)11(13)6-10/h2-6,14H,7H2,1H3. The Morgan fingerprint density at radius 2 is 2.05 bits per heavy atom. The van der Waals surface area contributed by atoms with Gasteiger partial charge in [0.15, 0.2) is 0 Å². The van der Waals surface area contributed by atoms with Gasteiger partial charge in [-0.1, -0.05) is 0 Å². The van der Waals surface area contributed by atoms with Crippen molar-refractivity contribution in [2.75, 3.05) is 0 Å². The van der Waals surface area contributed by atoms with Crippen LogP contribution < -0.4 is 4.72 Å². The van der Waals surface area contributed by atoms with Gasteiger partial charge in [-0.05, 0) is 25.1 Å². The average molecular weight is 330 g/mol. The zero-order valence-electron chi connectivity index (χ0n) is 10.9. The number of hydrogen-bond donors (Lipinski definition) is 1. The smallest absolute Gasteiger partial charge is 0.258 e. The number of sulfonamides is 1. The fraction of sp³-hybridized carbons (Fsp3) is 0.167. The van der Waals surface area contributed by atoms with Crippen LogP contribution in [0.2, 0.25) is 0 Å². The molecule has 112 valence electrons. The van der Waals surface area contributed by atoms with Gasteiger partial charge in [0.1, 0.15) is 0 Å². The Kier molecular flexibility index (Phi) is 4.35. The third kappa shape index (κ3) is 3.63. The normalized spacial score (nSPS) is 11.5. The maximum atomic E-state index is 13.5. The summed E-state index contributed by atoms with van der Waals surface area (Å²) in [5.41, 5.74) is -0.761. The predicted molar refractivity (Wildman–Crippen MR) is 76.1 cm³/mol. The molecular formula is C12H11FN2O4S2. The van der Waals surface area contributed by atoms with Crippen molar-refractivity contribution in [1.82, 2.24) is 4.72 Å². The number of nitro benzene ring substituents is 1. The van der Waals surface area contributed by atoms with Crippen LogP contribution in [0.5, 0.6) is 0 Å². The summed E-state index contributed by atoms with van der Waals surface area (Å²) in [5.74, 6) is -1.19. The summed E-state index contributed by atoms with van der Waals surface area (Å²) in [6, 6.07) is 6.13. The Bertz CT molecular complexity index is 786. The van der Waals surface area contributed by atoms with E-state index in [9.17, 15) is 22.9 Å². The van der Waals surface area contributed by atoms with Gasteiger partial charge in [-0.25, -0.2) is 13.1 Å². The van der Waals surface area contributed by atoms with E-state index in [0.29, 0.717) is 6.07 Å². The summed E-state index contributed by atoms with van der Waals surface area (Å²) in [7, 11) is -3.92. The molecule has 0 aliphatic heterocycles. The first-order valence-corrected chi connectivity index (χ1v) is 8.08. The van der Waals surface area contributed by atoms with Gasteiger partial charge < -0.3 is 0 Å². The molecule has 0 fully saturated rings. The summed E-state index contributed by atoms with van der Waals surface area (Å²) in [6.45, 7) is 1.98. The first-order chi connectivity index (χ1) is 9.79. The minimum atomic E-state index is -3.92. The Morgan fingerprint density at radius 1 is 1.33 bits per heavy atom. The van der Waals surface area contributed by atoms with Crippen molar-refractivity contribution in [3.05, 3.63) is 56.0 Å². The SMILES string of the molecule is Cc1ccc(CNS(=O)(=O)c2ccc([N+](=O)[O-])c(F)c2)s1. The van der Waals surface area contributed by atoms with Crippen LogP contribution in [0.4, 0.5) is 10.1 Å². The van der Waals surface area contributed by atoms with E-state index < -0.39 is 26.5 Å². The fourth-order valence-corrected chi connectivity index (χ4v) is 3.57. The molecule has 0 bridgehead atoms. The quantitative estimate of drug-likeness (QED) is 0.674. The highest BCUT2D eigenvalue weighted by atomic mass is 32.2. The van der Waals surface area contributed by atoms with Gasteiger partial charge in [-0.3, -0.25) is 10.1 Å². The van der Waals surface area contributed by atoms with Crippen LogP contribution in [0, 0.1) is 22.9 Å². The van der Waals surface area contributed by atoms with Crippen LogP contribution in [-0.2, 0) is 16.6 Å². The molecule has 1 N–H and O–H groups in total. The molecule has 21 heavy (non-hydrogen) atoms. The molecule has 2 rings (SSSR count). The first kappa shape index (κ1) is 15.5. The van der Waals surface area contributed by atoms with Crippen molar-refractivity contribution in [3.63, 3.8) is 0 Å². The van der Waals surface area contributed by atoms with Crippen LogP contribution in [0.25, 0.3) is 0 Å². The van der Waals surface area contributed by atoms with Gasteiger partial charge in [0.25, 0.3) is 0 Å². The lowest BCUT2D eigenvalue weighted by molar-refractivity contribution is -0.387. The van der Waals surface area contributed by atoms with E-state index in [-0.39, 0.29) is 11.4 Å². The van der Waals surface area contributed by atoms with Crippen molar-refractivity contribution in [1.29, 1.82) is 0 Å². The van der Waals surface area contributed by atoms with Crippen LogP contribution >= 0.6 is 11.3 Å². The van der Waals surface area contributed by atoms with Gasteiger partial charge in [0.2, 0.25) is 15.8 Å². The molecule has 0 spiro atoms. The lowest BCUT2D eigenvalue weighted by atomic mass is 10.3. The summed E-state index contributed by atoms with van der Waals surface area (Å²) in [5, 5.41) is 10.5. The molecule has 1 heterocycles. The highest BCUT2D eigenvalue weighted by Crippen LogP contribution is 2.21. The average Bonchev–Trinajstić information content (AvgIpc) is 2.82. The van der Waals surface area contributed by atoms with Crippen LogP contribution in [0.15, 0.2) is 35.2 Å². The lowest BCUT2D eigenvalue weighted by Gasteiger charge is -2.05. The first-order valence-electron chi connectivity index (χ1n) is 5.78. The van der Waals surface area contributed by atoms with E-state index >= 15 is 0 Å². The molecule has 0 unspecified atom stereocenters. The minimum Gasteiger partial charge on any atom is -0.258 e. The van der Waals surface area contributed by atoms with Gasteiger partial charge in [-0.15, -0.1) is 11.3 Å². The third-order valence-corrected chi connectivity index (χ3v) is 5.06.